The Morgan fingerprint density at radius 3 is 1.58 bits per heavy atom. The van der Waals surface area contributed by atoms with Crippen LogP contribution in [0.5, 0.6) is 11.5 Å². The molecule has 0 unspecified atom stereocenters. The number of hydrogen-bond donors (Lipinski definition) is 0. The number of ether oxygens (including phenoxy) is 1. The van der Waals surface area contributed by atoms with Crippen LogP contribution in [0.15, 0.2) is 200 Å². The number of rotatable bonds is 10. The molecule has 1 aliphatic rings. The lowest BCUT2D eigenvalue weighted by molar-refractivity contribution is 0.480. The lowest BCUT2D eigenvalue weighted by atomic mass is 9.78. The van der Waals surface area contributed by atoms with Crippen molar-refractivity contribution in [2.75, 3.05) is 16.5 Å². The summed E-state index contributed by atoms with van der Waals surface area (Å²) < 4.78 is 9.59. The lowest BCUT2D eigenvalue weighted by Crippen LogP contribution is -2.25. The van der Waals surface area contributed by atoms with E-state index in [1.165, 1.54) is 61.3 Å². The van der Waals surface area contributed by atoms with Crippen LogP contribution < -0.4 is 14.5 Å². The van der Waals surface area contributed by atoms with Gasteiger partial charge < -0.3 is 14.5 Å². The second-order valence-electron chi connectivity index (χ2n) is 25.5. The number of anilines is 4. The Morgan fingerprint density at radius 2 is 0.935 bits per heavy atom. The van der Waals surface area contributed by atoms with Crippen molar-refractivity contribution < 1.29 is 4.74 Å². The average Bonchev–Trinajstić information content (AvgIpc) is 4.03. The van der Waals surface area contributed by atoms with E-state index in [9.17, 15) is 0 Å². The van der Waals surface area contributed by atoms with Crippen molar-refractivity contribution in [1.82, 2.24) is 9.55 Å². The van der Waals surface area contributed by atoms with Crippen molar-refractivity contribution in [3.8, 4) is 28.4 Å². The van der Waals surface area contributed by atoms with E-state index in [-0.39, 0.29) is 27.1 Å². The van der Waals surface area contributed by atoms with Crippen LogP contribution in [0.2, 0.25) is 0 Å². The highest BCUT2D eigenvalue weighted by atomic mass is 16.5. The zero-order valence-electron chi connectivity index (χ0n) is 47.5. The molecule has 0 atom stereocenters. The van der Waals surface area contributed by atoms with Crippen molar-refractivity contribution in [3.05, 3.63) is 239 Å². The smallest absolute Gasteiger partial charge is 0.137 e. The monoisotopic (exact) mass is 1010 g/mol. The van der Waals surface area contributed by atoms with Crippen molar-refractivity contribution in [3.63, 3.8) is 0 Å². The van der Waals surface area contributed by atoms with Crippen molar-refractivity contribution in [2.24, 2.45) is 0 Å². The first-order valence-corrected chi connectivity index (χ1v) is 27.4. The molecular formula is C72H74N4O. The molecule has 0 spiro atoms. The molecule has 8 aromatic carbocycles. The summed E-state index contributed by atoms with van der Waals surface area (Å²) in [4.78, 5) is 10.1. The van der Waals surface area contributed by atoms with Gasteiger partial charge in [0, 0.05) is 51.3 Å². The molecule has 5 heteroatoms. The molecular weight excluding hydrogens is 937 g/mol. The number of nitrogens with zero attached hydrogens (tertiary/aromatic N) is 4. The fraction of sp³-hybridized carbons (Fsp3) is 0.264. The molecule has 1 aliphatic heterocycles. The molecule has 388 valence electrons. The highest BCUT2D eigenvalue weighted by Crippen LogP contribution is 2.50. The molecule has 5 nitrogen and oxygen atoms in total. The average molecular weight is 1010 g/mol. The summed E-state index contributed by atoms with van der Waals surface area (Å²) in [6.07, 6.45) is 1.95. The molecule has 0 N–H and O–H groups in total. The van der Waals surface area contributed by atoms with Gasteiger partial charge in [-0.2, -0.15) is 0 Å². The molecule has 2 aromatic heterocycles. The van der Waals surface area contributed by atoms with Crippen molar-refractivity contribution in [1.29, 1.82) is 0 Å². The van der Waals surface area contributed by atoms with Crippen LogP contribution in [0.25, 0.3) is 38.8 Å². The van der Waals surface area contributed by atoms with Crippen molar-refractivity contribution >= 4 is 44.6 Å². The van der Waals surface area contributed by atoms with E-state index in [1.54, 1.807) is 0 Å². The molecule has 0 saturated carbocycles. The van der Waals surface area contributed by atoms with Gasteiger partial charge >= 0.3 is 0 Å². The fourth-order valence-corrected chi connectivity index (χ4v) is 11.2. The molecule has 0 radical (unpaired) electrons. The Morgan fingerprint density at radius 1 is 0.364 bits per heavy atom. The number of benzene rings is 8. The Kier molecular flexibility index (Phi) is 12.6. The third-order valence-corrected chi connectivity index (χ3v) is 16.4. The molecule has 11 rings (SSSR count). The van der Waals surface area contributed by atoms with Gasteiger partial charge in [-0.05, 0) is 139 Å². The summed E-state index contributed by atoms with van der Waals surface area (Å²) in [5.41, 5.74) is 17.2. The number of hydrogen-bond acceptors (Lipinski definition) is 4. The summed E-state index contributed by atoms with van der Waals surface area (Å²) in [6.45, 7) is 30.5. The normalized spacial score (nSPS) is 13.4. The quantitative estimate of drug-likeness (QED) is 0.137. The maximum Gasteiger partial charge on any atom is 0.137 e. The fourth-order valence-electron chi connectivity index (χ4n) is 11.2. The van der Waals surface area contributed by atoms with Gasteiger partial charge in [0.15, 0.2) is 0 Å². The summed E-state index contributed by atoms with van der Waals surface area (Å²) in [6, 6.07) is 71.5. The van der Waals surface area contributed by atoms with Crippen LogP contribution in [0.4, 0.5) is 22.7 Å². The molecule has 0 aliphatic carbocycles. The van der Waals surface area contributed by atoms with Gasteiger partial charge in [0.2, 0.25) is 0 Å². The van der Waals surface area contributed by atoms with Crippen LogP contribution in [0.3, 0.4) is 0 Å². The van der Waals surface area contributed by atoms with E-state index in [4.69, 9.17) is 9.72 Å². The molecule has 0 bridgehead atoms. The zero-order valence-corrected chi connectivity index (χ0v) is 47.5. The molecule has 0 amide bonds. The largest absolute Gasteiger partial charge is 0.457 e. The van der Waals surface area contributed by atoms with E-state index in [1.807, 2.05) is 6.20 Å². The molecule has 0 saturated heterocycles. The van der Waals surface area contributed by atoms with Crippen LogP contribution in [0, 0.1) is 0 Å². The minimum Gasteiger partial charge on any atom is -0.457 e. The van der Waals surface area contributed by atoms with Gasteiger partial charge in [-0.25, -0.2) is 4.98 Å². The minimum atomic E-state index is -0.356. The third kappa shape index (κ3) is 9.71. The van der Waals surface area contributed by atoms with E-state index < -0.39 is 0 Å². The number of aromatic nitrogens is 2. The van der Waals surface area contributed by atoms with Crippen LogP contribution >= 0.6 is 0 Å². The lowest BCUT2D eigenvalue weighted by Gasteiger charge is -2.29. The minimum absolute atomic E-state index is 0.0451. The van der Waals surface area contributed by atoms with Gasteiger partial charge in [-0.1, -0.05) is 199 Å². The molecule has 0 fully saturated rings. The first-order valence-electron chi connectivity index (χ1n) is 27.4. The highest BCUT2D eigenvalue weighted by molar-refractivity contribution is 6.10. The van der Waals surface area contributed by atoms with Crippen LogP contribution in [0.1, 0.15) is 129 Å². The predicted octanol–water partition coefficient (Wildman–Crippen LogP) is 19.4. The number of pyridine rings is 1. The summed E-state index contributed by atoms with van der Waals surface area (Å²) in [7, 11) is 0. The van der Waals surface area contributed by atoms with Crippen LogP contribution in [-0.4, -0.2) is 16.2 Å². The van der Waals surface area contributed by atoms with Crippen LogP contribution in [-0.2, 0) is 27.1 Å². The summed E-state index contributed by atoms with van der Waals surface area (Å²) >= 11 is 0. The Labute approximate surface area is 457 Å². The van der Waals surface area contributed by atoms with Gasteiger partial charge in [0.05, 0.1) is 22.4 Å². The first kappa shape index (κ1) is 51.2. The highest BCUT2D eigenvalue weighted by Gasteiger charge is 2.34. The summed E-state index contributed by atoms with van der Waals surface area (Å²) in [5, 5.41) is 2.33. The number of fused-ring (bicyclic) bond motifs is 4. The SMILES string of the molecule is CC(C)(C)c1cc(-c2ccccc2)cc(N2CN(c3cc(Oc4ccc5c6cc(C(C)(C)c7ccccc7)ccc6n(-c6cc(C(C)(C)C)ccn6)c5c4)cc(C(C)(C)c4ccccc4)c3)c3ccc(C(C)(C)C)cc32)c1. The topological polar surface area (TPSA) is 33.5 Å². The first-order chi connectivity index (χ1) is 36.5. The van der Waals surface area contributed by atoms with Gasteiger partial charge in [-0.15, -0.1) is 0 Å². The summed E-state index contributed by atoms with van der Waals surface area (Å²) in [5.74, 6) is 2.41. The Bertz CT molecular complexity index is 3810. The predicted molar refractivity (Wildman–Crippen MR) is 326 cm³/mol. The Hall–Kier alpha value is -7.89. The molecule has 77 heavy (non-hydrogen) atoms. The van der Waals surface area contributed by atoms with E-state index in [2.05, 4.69) is 298 Å². The maximum absolute atomic E-state index is 7.27. The molecule has 10 aromatic rings. The zero-order chi connectivity index (χ0) is 54.2. The standard InChI is InChI=1S/C72H74N4O/c1-68(2,3)52-29-34-64-66(43-52)75(57-38-49(48-23-17-14-18-24-48)37-55(39-57)70(7,8)9)47-74(64)58-40-56(72(12,13)51-27-21-16-22-28-51)41-60(45-58)77-59-31-32-61-62-42-54(71(10,11)50-25-19-15-20-26-50)30-33-63(62)76(65(61)46-59)67-44-53(35-36-73-67)69(4,5)6/h14-46H,47H2,1-13H3. The van der Waals surface area contributed by atoms with Gasteiger partial charge in [0.1, 0.15) is 24.0 Å². The van der Waals surface area contributed by atoms with E-state index in [0.717, 1.165) is 50.7 Å². The third-order valence-electron chi connectivity index (χ3n) is 16.4. The van der Waals surface area contributed by atoms with Crippen molar-refractivity contribution in [2.45, 2.75) is 117 Å². The Balaban J connectivity index is 1.07. The van der Waals surface area contributed by atoms with E-state index >= 15 is 0 Å². The molecule has 3 heterocycles. The second kappa shape index (κ2) is 19.0. The van der Waals surface area contributed by atoms with Gasteiger partial charge in [0.25, 0.3) is 0 Å². The van der Waals surface area contributed by atoms with Gasteiger partial charge in [-0.3, -0.25) is 4.57 Å². The second-order valence-corrected chi connectivity index (χ2v) is 25.5. The van der Waals surface area contributed by atoms with E-state index in [0.29, 0.717) is 6.67 Å². The maximum atomic E-state index is 7.27.